The zero-order chi connectivity index (χ0) is 23.2. The SMILES string of the molecule is Nc1cc(F)cc(-c2cc(-c3nc(N4CCNCC4)c4c(C5CC5)cncc4n3)ccn2)c1F. The molecule has 3 aromatic heterocycles. The first-order valence-electron chi connectivity index (χ1n) is 11.4. The van der Waals surface area contributed by atoms with E-state index >= 15 is 0 Å². The number of aromatic nitrogens is 4. The van der Waals surface area contributed by atoms with Gasteiger partial charge in [0.25, 0.3) is 0 Å². The molecule has 2 aliphatic rings. The standard InChI is InChI=1S/C25H23F2N7/c26-16-10-17(23(27)19(28)11-16)20-9-15(3-4-31-20)24-32-21-13-30-12-18(14-1-2-14)22(21)25(33-24)34-7-5-29-6-8-34/h3-4,9-14,29H,1-2,5-8,28H2. The van der Waals surface area contributed by atoms with E-state index in [1.807, 2.05) is 6.20 Å². The van der Waals surface area contributed by atoms with E-state index in [1.165, 1.54) is 5.56 Å². The Labute approximate surface area is 195 Å². The summed E-state index contributed by atoms with van der Waals surface area (Å²) in [7, 11) is 0. The number of nitrogens with zero attached hydrogens (tertiary/aromatic N) is 5. The normalized spacial score (nSPS) is 16.2. The highest BCUT2D eigenvalue weighted by Gasteiger charge is 2.29. The van der Waals surface area contributed by atoms with E-state index in [2.05, 4.69) is 20.2 Å². The first kappa shape index (κ1) is 20.9. The largest absolute Gasteiger partial charge is 0.396 e. The second kappa shape index (κ2) is 8.25. The van der Waals surface area contributed by atoms with Crippen molar-refractivity contribution in [1.82, 2.24) is 25.3 Å². The molecule has 0 radical (unpaired) electrons. The van der Waals surface area contributed by atoms with E-state index in [0.29, 0.717) is 17.3 Å². The van der Waals surface area contributed by atoms with Gasteiger partial charge in [0.15, 0.2) is 11.6 Å². The zero-order valence-corrected chi connectivity index (χ0v) is 18.4. The van der Waals surface area contributed by atoms with Crippen molar-refractivity contribution in [2.45, 2.75) is 18.8 Å². The topological polar surface area (TPSA) is 92.8 Å². The summed E-state index contributed by atoms with van der Waals surface area (Å²) in [5.41, 5.74) is 8.27. The van der Waals surface area contributed by atoms with Crippen LogP contribution in [0.5, 0.6) is 0 Å². The number of hydrogen-bond acceptors (Lipinski definition) is 7. The molecule has 172 valence electrons. The minimum absolute atomic E-state index is 0.000142. The molecule has 6 rings (SSSR count). The first-order chi connectivity index (χ1) is 16.6. The molecule has 1 saturated carbocycles. The van der Waals surface area contributed by atoms with Gasteiger partial charge in [-0.25, -0.2) is 18.7 Å². The van der Waals surface area contributed by atoms with Crippen molar-refractivity contribution in [1.29, 1.82) is 0 Å². The molecule has 3 N–H and O–H groups in total. The quantitative estimate of drug-likeness (QED) is 0.447. The third-order valence-electron chi connectivity index (χ3n) is 6.41. The van der Waals surface area contributed by atoms with Gasteiger partial charge in [-0.15, -0.1) is 0 Å². The number of halogens is 2. The van der Waals surface area contributed by atoms with Gasteiger partial charge < -0.3 is 16.0 Å². The fourth-order valence-corrected chi connectivity index (χ4v) is 4.54. The molecule has 0 bridgehead atoms. The summed E-state index contributed by atoms with van der Waals surface area (Å²) in [6.07, 6.45) is 7.56. The van der Waals surface area contributed by atoms with Crippen molar-refractivity contribution in [2.24, 2.45) is 0 Å². The molecule has 0 amide bonds. The van der Waals surface area contributed by atoms with Crippen molar-refractivity contribution in [3.05, 3.63) is 60.1 Å². The van der Waals surface area contributed by atoms with Gasteiger partial charge in [-0.1, -0.05) is 0 Å². The fourth-order valence-electron chi connectivity index (χ4n) is 4.54. The maximum Gasteiger partial charge on any atom is 0.162 e. The average Bonchev–Trinajstić information content (AvgIpc) is 3.71. The van der Waals surface area contributed by atoms with Crippen LogP contribution in [0.25, 0.3) is 33.5 Å². The third-order valence-corrected chi connectivity index (χ3v) is 6.41. The van der Waals surface area contributed by atoms with Crippen LogP contribution in [0.1, 0.15) is 24.3 Å². The summed E-state index contributed by atoms with van der Waals surface area (Å²) in [5.74, 6) is 0.559. The van der Waals surface area contributed by atoms with Gasteiger partial charge in [0, 0.05) is 55.1 Å². The van der Waals surface area contributed by atoms with Crippen LogP contribution in [0, 0.1) is 11.6 Å². The summed E-state index contributed by atoms with van der Waals surface area (Å²) in [5, 5.41) is 4.44. The van der Waals surface area contributed by atoms with Gasteiger partial charge in [-0.05, 0) is 48.6 Å². The van der Waals surface area contributed by atoms with Gasteiger partial charge in [-0.3, -0.25) is 9.97 Å². The van der Waals surface area contributed by atoms with Gasteiger partial charge in [-0.2, -0.15) is 0 Å². The number of fused-ring (bicyclic) bond motifs is 1. The van der Waals surface area contributed by atoms with Crippen molar-refractivity contribution < 1.29 is 8.78 Å². The van der Waals surface area contributed by atoms with E-state index in [-0.39, 0.29) is 16.9 Å². The van der Waals surface area contributed by atoms with Crippen LogP contribution < -0.4 is 16.0 Å². The van der Waals surface area contributed by atoms with E-state index in [1.54, 1.807) is 24.5 Å². The number of nitrogens with one attached hydrogen (secondary N) is 1. The predicted molar refractivity (Wildman–Crippen MR) is 127 cm³/mol. The molecule has 4 heterocycles. The molecule has 0 spiro atoms. The minimum atomic E-state index is -0.703. The average molecular weight is 460 g/mol. The molecule has 1 aromatic carbocycles. The minimum Gasteiger partial charge on any atom is -0.396 e. The van der Waals surface area contributed by atoms with Crippen LogP contribution in [0.2, 0.25) is 0 Å². The Bertz CT molecular complexity index is 1400. The van der Waals surface area contributed by atoms with Crippen molar-refractivity contribution in [3.8, 4) is 22.6 Å². The van der Waals surface area contributed by atoms with Crippen LogP contribution in [0.4, 0.5) is 20.3 Å². The number of nitrogens with two attached hydrogens (primary N) is 1. The number of anilines is 2. The van der Waals surface area contributed by atoms with Crippen LogP contribution in [0.15, 0.2) is 42.9 Å². The lowest BCUT2D eigenvalue weighted by atomic mass is 10.1. The Hall–Kier alpha value is -3.72. The lowest BCUT2D eigenvalue weighted by molar-refractivity contribution is 0.586. The predicted octanol–water partition coefficient (Wildman–Crippen LogP) is 3.90. The van der Waals surface area contributed by atoms with Crippen LogP contribution in [-0.2, 0) is 0 Å². The van der Waals surface area contributed by atoms with Crippen molar-refractivity contribution in [3.63, 3.8) is 0 Å². The highest BCUT2D eigenvalue weighted by Crippen LogP contribution is 2.45. The molecule has 34 heavy (non-hydrogen) atoms. The Balaban J connectivity index is 1.51. The maximum atomic E-state index is 14.7. The summed E-state index contributed by atoms with van der Waals surface area (Å²) < 4.78 is 28.6. The lowest BCUT2D eigenvalue weighted by Gasteiger charge is -2.30. The fraction of sp³-hybridized carbons (Fsp3) is 0.280. The lowest BCUT2D eigenvalue weighted by Crippen LogP contribution is -2.44. The van der Waals surface area contributed by atoms with Crippen molar-refractivity contribution in [2.75, 3.05) is 36.8 Å². The Morgan fingerprint density at radius 1 is 1.03 bits per heavy atom. The summed E-state index contributed by atoms with van der Waals surface area (Å²) in [6.45, 7) is 3.44. The summed E-state index contributed by atoms with van der Waals surface area (Å²) in [4.78, 5) is 20.8. The van der Waals surface area contributed by atoms with E-state index in [4.69, 9.17) is 15.7 Å². The first-order valence-corrected chi connectivity index (χ1v) is 11.4. The third kappa shape index (κ3) is 3.71. The molecule has 7 nitrogen and oxygen atoms in total. The van der Waals surface area contributed by atoms with Gasteiger partial charge >= 0.3 is 0 Å². The van der Waals surface area contributed by atoms with Crippen LogP contribution >= 0.6 is 0 Å². The molecule has 1 aliphatic heterocycles. The van der Waals surface area contributed by atoms with E-state index < -0.39 is 11.6 Å². The summed E-state index contributed by atoms with van der Waals surface area (Å²) >= 11 is 0. The molecule has 9 heteroatoms. The smallest absolute Gasteiger partial charge is 0.162 e. The monoisotopic (exact) mass is 459 g/mol. The highest BCUT2D eigenvalue weighted by atomic mass is 19.1. The number of piperazine rings is 1. The molecule has 2 fully saturated rings. The Kier molecular flexibility index (Phi) is 5.06. The van der Waals surface area contributed by atoms with Crippen LogP contribution in [-0.4, -0.2) is 46.1 Å². The van der Waals surface area contributed by atoms with E-state index in [9.17, 15) is 8.78 Å². The Morgan fingerprint density at radius 3 is 2.65 bits per heavy atom. The molecule has 1 saturated heterocycles. The molecule has 0 unspecified atom stereocenters. The van der Waals surface area contributed by atoms with Gasteiger partial charge in [0.2, 0.25) is 0 Å². The van der Waals surface area contributed by atoms with Crippen LogP contribution in [0.3, 0.4) is 0 Å². The second-order valence-corrected chi connectivity index (χ2v) is 8.79. The Morgan fingerprint density at radius 2 is 1.85 bits per heavy atom. The van der Waals surface area contributed by atoms with Crippen molar-refractivity contribution >= 4 is 22.4 Å². The number of rotatable bonds is 4. The van der Waals surface area contributed by atoms with E-state index in [0.717, 1.165) is 67.9 Å². The molecular weight excluding hydrogens is 436 g/mol. The number of benzene rings is 1. The van der Waals surface area contributed by atoms with Gasteiger partial charge in [0.1, 0.15) is 11.6 Å². The van der Waals surface area contributed by atoms with Gasteiger partial charge in [0.05, 0.1) is 23.1 Å². The summed E-state index contributed by atoms with van der Waals surface area (Å²) in [6, 6.07) is 5.49. The second-order valence-electron chi connectivity index (χ2n) is 8.79. The molecular formula is C25H23F2N7. The maximum absolute atomic E-state index is 14.7. The number of nitrogen functional groups attached to an aromatic ring is 1. The molecule has 0 atom stereocenters. The number of pyridine rings is 2. The molecule has 4 aromatic rings. The molecule has 1 aliphatic carbocycles. The highest BCUT2D eigenvalue weighted by molar-refractivity contribution is 5.94. The number of hydrogen-bond donors (Lipinski definition) is 2. The zero-order valence-electron chi connectivity index (χ0n) is 18.4.